The maximum Gasteiger partial charge on any atom is 0.226 e. The van der Waals surface area contributed by atoms with Crippen molar-refractivity contribution in [1.29, 1.82) is 0 Å². The van der Waals surface area contributed by atoms with Crippen LogP contribution in [0.15, 0.2) is 54.6 Å². The summed E-state index contributed by atoms with van der Waals surface area (Å²) in [5.74, 6) is 2.70. The molecule has 2 aromatic carbocycles. The van der Waals surface area contributed by atoms with Crippen LogP contribution in [0.4, 0.5) is 5.82 Å². The Labute approximate surface area is 202 Å². The summed E-state index contributed by atoms with van der Waals surface area (Å²) < 4.78 is 0. The third-order valence-corrected chi connectivity index (χ3v) is 7.25. The maximum atomic E-state index is 13.3. The Bertz CT molecular complexity index is 1160. The molecule has 1 saturated heterocycles. The van der Waals surface area contributed by atoms with E-state index in [0.717, 1.165) is 62.8 Å². The second-order valence-electron chi connectivity index (χ2n) is 9.85. The summed E-state index contributed by atoms with van der Waals surface area (Å²) in [7, 11) is 0. The van der Waals surface area contributed by atoms with Gasteiger partial charge >= 0.3 is 0 Å². The fraction of sp³-hybridized carbons (Fsp3) is 0.414. The van der Waals surface area contributed by atoms with E-state index >= 15 is 0 Å². The maximum absolute atomic E-state index is 13.3. The lowest BCUT2D eigenvalue weighted by Gasteiger charge is -2.26. The first-order chi connectivity index (χ1) is 16.5. The molecule has 1 saturated carbocycles. The molecule has 2 atom stereocenters. The molecule has 0 spiro atoms. The Balaban J connectivity index is 1.30. The van der Waals surface area contributed by atoms with Crippen LogP contribution in [0.2, 0.25) is 0 Å². The molecule has 2 heterocycles. The average molecular weight is 455 g/mol. The number of hydrogen-bond donors (Lipinski definition) is 0. The molecule has 2 fully saturated rings. The van der Waals surface area contributed by atoms with Gasteiger partial charge in [0.05, 0.1) is 0 Å². The van der Waals surface area contributed by atoms with Crippen LogP contribution >= 0.6 is 0 Å². The molecule has 1 aliphatic carbocycles. The zero-order valence-electron chi connectivity index (χ0n) is 20.5. The summed E-state index contributed by atoms with van der Waals surface area (Å²) in [5.41, 5.74) is 6.08. The van der Waals surface area contributed by atoms with Gasteiger partial charge in [-0.1, -0.05) is 60.2 Å². The summed E-state index contributed by atoms with van der Waals surface area (Å²) in [6.45, 7) is 9.47. The fourth-order valence-corrected chi connectivity index (χ4v) is 5.22. The summed E-state index contributed by atoms with van der Waals surface area (Å²) in [6.07, 6.45) is 2.76. The molecule has 5 heteroatoms. The Morgan fingerprint density at radius 1 is 0.912 bits per heavy atom. The number of hydrogen-bond acceptors (Lipinski definition) is 4. The molecule has 1 amide bonds. The highest BCUT2D eigenvalue weighted by Crippen LogP contribution is 2.48. The van der Waals surface area contributed by atoms with Crippen LogP contribution in [0.3, 0.4) is 0 Å². The SMILES string of the molecule is Cc1ccc(Cc2c(C)nc(C)nc2N2CCCN(C(=O)C3CC3c3ccccc3)CC2)cc1. The van der Waals surface area contributed by atoms with Crippen LogP contribution in [0.25, 0.3) is 0 Å². The Kier molecular flexibility index (Phi) is 6.36. The van der Waals surface area contributed by atoms with Gasteiger partial charge in [0.1, 0.15) is 11.6 Å². The van der Waals surface area contributed by atoms with Gasteiger partial charge in [0.15, 0.2) is 0 Å². The number of anilines is 1. The number of benzene rings is 2. The van der Waals surface area contributed by atoms with E-state index in [1.165, 1.54) is 22.3 Å². The Hall–Kier alpha value is -3.21. The predicted octanol–water partition coefficient (Wildman–Crippen LogP) is 4.84. The molecule has 1 aromatic heterocycles. The van der Waals surface area contributed by atoms with Gasteiger partial charge in [0.25, 0.3) is 0 Å². The smallest absolute Gasteiger partial charge is 0.226 e. The molecular weight excluding hydrogens is 420 g/mol. The molecule has 2 unspecified atom stereocenters. The minimum absolute atomic E-state index is 0.148. The van der Waals surface area contributed by atoms with Crippen LogP contribution in [0.5, 0.6) is 0 Å². The lowest BCUT2D eigenvalue weighted by molar-refractivity contribution is -0.132. The molecule has 5 rings (SSSR count). The summed E-state index contributed by atoms with van der Waals surface area (Å²) >= 11 is 0. The van der Waals surface area contributed by atoms with Gasteiger partial charge in [0.2, 0.25) is 5.91 Å². The van der Waals surface area contributed by atoms with Gasteiger partial charge in [0, 0.05) is 49.8 Å². The van der Waals surface area contributed by atoms with E-state index in [0.29, 0.717) is 11.8 Å². The first kappa shape index (κ1) is 22.6. The van der Waals surface area contributed by atoms with Crippen molar-refractivity contribution in [1.82, 2.24) is 14.9 Å². The first-order valence-corrected chi connectivity index (χ1v) is 12.5. The van der Waals surface area contributed by atoms with Gasteiger partial charge in [-0.2, -0.15) is 0 Å². The summed E-state index contributed by atoms with van der Waals surface area (Å²) in [6, 6.07) is 19.2. The number of aromatic nitrogens is 2. The van der Waals surface area contributed by atoms with Gasteiger partial charge in [-0.3, -0.25) is 4.79 Å². The van der Waals surface area contributed by atoms with Crippen molar-refractivity contribution in [2.45, 2.75) is 46.0 Å². The number of amides is 1. The standard InChI is InChI=1S/C29H34N4O/c1-20-10-12-23(13-11-20)18-25-21(2)30-22(3)31-28(25)32-14-7-15-33(17-16-32)29(34)27-19-26(27)24-8-5-4-6-9-24/h4-6,8-13,26-27H,7,14-19H2,1-3H3. The fourth-order valence-electron chi connectivity index (χ4n) is 5.22. The van der Waals surface area contributed by atoms with Crippen molar-refractivity contribution in [3.63, 3.8) is 0 Å². The van der Waals surface area contributed by atoms with Gasteiger partial charge in [-0.15, -0.1) is 0 Å². The predicted molar refractivity (Wildman–Crippen MR) is 136 cm³/mol. The molecule has 2 aliphatic rings. The van der Waals surface area contributed by atoms with Crippen LogP contribution in [0.1, 0.15) is 52.5 Å². The monoisotopic (exact) mass is 454 g/mol. The molecule has 0 bridgehead atoms. The first-order valence-electron chi connectivity index (χ1n) is 12.5. The molecule has 0 radical (unpaired) electrons. The van der Waals surface area contributed by atoms with Crippen molar-refractivity contribution in [3.05, 3.63) is 88.4 Å². The van der Waals surface area contributed by atoms with Gasteiger partial charge in [-0.25, -0.2) is 9.97 Å². The molecular formula is C29H34N4O. The van der Waals surface area contributed by atoms with E-state index in [1.54, 1.807) is 0 Å². The number of aryl methyl sites for hydroxylation is 3. The molecule has 5 nitrogen and oxygen atoms in total. The average Bonchev–Trinajstić information content (AvgIpc) is 3.66. The van der Waals surface area contributed by atoms with Crippen molar-refractivity contribution in [2.24, 2.45) is 5.92 Å². The number of carbonyl (C=O) groups excluding carboxylic acids is 1. The largest absolute Gasteiger partial charge is 0.354 e. The Morgan fingerprint density at radius 2 is 1.68 bits per heavy atom. The normalized spacial score (nSPS) is 20.2. The molecule has 0 N–H and O–H groups in total. The van der Waals surface area contributed by atoms with Crippen molar-refractivity contribution in [3.8, 4) is 0 Å². The highest BCUT2D eigenvalue weighted by Gasteiger charge is 2.45. The minimum atomic E-state index is 0.148. The second-order valence-corrected chi connectivity index (χ2v) is 9.85. The summed E-state index contributed by atoms with van der Waals surface area (Å²) in [5, 5.41) is 0. The van der Waals surface area contributed by atoms with Crippen molar-refractivity contribution < 1.29 is 4.79 Å². The minimum Gasteiger partial charge on any atom is -0.354 e. The zero-order valence-corrected chi connectivity index (χ0v) is 20.5. The van der Waals surface area contributed by atoms with E-state index in [-0.39, 0.29) is 5.92 Å². The lowest BCUT2D eigenvalue weighted by atomic mass is 10.0. The van der Waals surface area contributed by atoms with Gasteiger partial charge in [-0.05, 0) is 50.7 Å². The quantitative estimate of drug-likeness (QED) is 0.554. The van der Waals surface area contributed by atoms with E-state index in [4.69, 9.17) is 4.98 Å². The zero-order chi connectivity index (χ0) is 23.7. The van der Waals surface area contributed by atoms with Crippen LogP contribution in [0, 0.1) is 26.7 Å². The molecule has 1 aliphatic heterocycles. The van der Waals surface area contributed by atoms with Gasteiger partial charge < -0.3 is 9.80 Å². The van der Waals surface area contributed by atoms with E-state index in [9.17, 15) is 4.79 Å². The number of carbonyl (C=O) groups is 1. The summed E-state index contributed by atoms with van der Waals surface area (Å²) in [4.78, 5) is 27.3. The van der Waals surface area contributed by atoms with E-state index < -0.39 is 0 Å². The Morgan fingerprint density at radius 3 is 2.44 bits per heavy atom. The van der Waals surface area contributed by atoms with E-state index in [2.05, 4.69) is 77.2 Å². The molecule has 3 aromatic rings. The molecule has 176 valence electrons. The highest BCUT2D eigenvalue weighted by molar-refractivity contribution is 5.83. The number of nitrogens with zero attached hydrogens (tertiary/aromatic N) is 4. The lowest BCUT2D eigenvalue weighted by Crippen LogP contribution is -2.36. The third-order valence-electron chi connectivity index (χ3n) is 7.25. The van der Waals surface area contributed by atoms with Crippen LogP contribution in [-0.4, -0.2) is 47.0 Å². The second kappa shape index (κ2) is 9.57. The molecule has 34 heavy (non-hydrogen) atoms. The van der Waals surface area contributed by atoms with E-state index in [1.807, 2.05) is 13.0 Å². The van der Waals surface area contributed by atoms with Crippen molar-refractivity contribution in [2.75, 3.05) is 31.1 Å². The number of rotatable bonds is 5. The topological polar surface area (TPSA) is 49.3 Å². The van der Waals surface area contributed by atoms with Crippen LogP contribution < -0.4 is 4.90 Å². The third kappa shape index (κ3) is 4.84. The van der Waals surface area contributed by atoms with Crippen LogP contribution in [-0.2, 0) is 11.2 Å². The van der Waals surface area contributed by atoms with Crippen molar-refractivity contribution >= 4 is 11.7 Å². The highest BCUT2D eigenvalue weighted by atomic mass is 16.2.